The Morgan fingerprint density at radius 1 is 1.35 bits per heavy atom. The molecule has 6 heteroatoms. The van der Waals surface area contributed by atoms with Gasteiger partial charge < -0.3 is 15.2 Å². The van der Waals surface area contributed by atoms with E-state index >= 15 is 0 Å². The molecule has 1 atom stereocenters. The first-order chi connectivity index (χ1) is 11.2. The molecule has 0 bridgehead atoms. The maximum absolute atomic E-state index is 13.8. The second-order valence-corrected chi connectivity index (χ2v) is 6.07. The van der Waals surface area contributed by atoms with E-state index in [1.165, 1.54) is 23.9 Å². The van der Waals surface area contributed by atoms with Gasteiger partial charge in [0.15, 0.2) is 5.17 Å². The van der Waals surface area contributed by atoms with Crippen molar-refractivity contribution < 1.29 is 13.9 Å². The van der Waals surface area contributed by atoms with Gasteiger partial charge in [0.1, 0.15) is 11.6 Å². The number of ether oxygens (including phenoxy) is 2. The zero-order valence-electron chi connectivity index (χ0n) is 12.7. The Bertz CT molecular complexity index is 722. The van der Waals surface area contributed by atoms with Crippen LogP contribution in [0.2, 0.25) is 0 Å². The third kappa shape index (κ3) is 3.65. The van der Waals surface area contributed by atoms with Crippen molar-refractivity contribution in [2.75, 3.05) is 7.05 Å². The predicted molar refractivity (Wildman–Crippen MR) is 89.8 cm³/mol. The molecule has 0 saturated heterocycles. The van der Waals surface area contributed by atoms with Crippen LogP contribution in [0.15, 0.2) is 47.5 Å². The van der Waals surface area contributed by atoms with Gasteiger partial charge in [0.05, 0.1) is 6.61 Å². The average Bonchev–Trinajstić information content (AvgIpc) is 2.59. The van der Waals surface area contributed by atoms with E-state index in [0.717, 1.165) is 11.1 Å². The molecule has 0 amide bonds. The number of hydrogen-bond donors (Lipinski definition) is 1. The van der Waals surface area contributed by atoms with E-state index < -0.39 is 6.29 Å². The number of thioether (sulfide) groups is 1. The molecule has 3 rings (SSSR count). The summed E-state index contributed by atoms with van der Waals surface area (Å²) in [4.78, 5) is 3.90. The van der Waals surface area contributed by atoms with Crippen LogP contribution >= 0.6 is 11.8 Å². The lowest BCUT2D eigenvalue weighted by Crippen LogP contribution is -2.19. The molecule has 120 valence electrons. The number of nitrogens with zero attached hydrogens (tertiary/aromatic N) is 1. The zero-order valence-corrected chi connectivity index (χ0v) is 13.5. The van der Waals surface area contributed by atoms with Crippen LogP contribution in [0, 0.1) is 5.82 Å². The molecular weight excluding hydrogens is 315 g/mol. The Morgan fingerprint density at radius 2 is 2.13 bits per heavy atom. The molecule has 1 heterocycles. The van der Waals surface area contributed by atoms with E-state index in [4.69, 9.17) is 15.2 Å². The molecule has 0 spiro atoms. The Morgan fingerprint density at radius 3 is 2.87 bits per heavy atom. The van der Waals surface area contributed by atoms with Crippen molar-refractivity contribution in [3.63, 3.8) is 0 Å². The molecule has 0 saturated carbocycles. The van der Waals surface area contributed by atoms with Crippen LogP contribution in [-0.4, -0.2) is 12.2 Å². The molecule has 2 N–H and O–H groups in total. The van der Waals surface area contributed by atoms with Crippen molar-refractivity contribution in [1.29, 1.82) is 0 Å². The summed E-state index contributed by atoms with van der Waals surface area (Å²) < 4.78 is 25.5. The maximum Gasteiger partial charge on any atom is 0.227 e. The van der Waals surface area contributed by atoms with Crippen LogP contribution in [0.4, 0.5) is 4.39 Å². The molecular formula is C17H17FN2O2S. The van der Waals surface area contributed by atoms with Gasteiger partial charge in [-0.05, 0) is 12.1 Å². The molecule has 0 unspecified atom stereocenters. The number of nitrogens with two attached hydrogens (primary N) is 1. The lowest BCUT2D eigenvalue weighted by Gasteiger charge is -2.28. The van der Waals surface area contributed by atoms with Gasteiger partial charge in [-0.1, -0.05) is 42.1 Å². The summed E-state index contributed by atoms with van der Waals surface area (Å²) in [5, 5.41) is 0.453. The largest absolute Gasteiger partial charge is 0.460 e. The number of benzene rings is 2. The highest BCUT2D eigenvalue weighted by Crippen LogP contribution is 2.37. The first kappa shape index (κ1) is 15.8. The number of amidine groups is 1. The SMILES string of the molecule is CN=C(N)SCc1cc(F)cc2c1O[C@@H](c1ccccc1)OC2. The van der Waals surface area contributed by atoms with Gasteiger partial charge >= 0.3 is 0 Å². The van der Waals surface area contributed by atoms with Crippen molar-refractivity contribution >= 4 is 16.9 Å². The Kier molecular flexibility index (Phi) is 4.83. The minimum absolute atomic E-state index is 0.307. The molecule has 0 aromatic heterocycles. The standard InChI is InChI=1S/C17H17FN2O2S/c1-20-17(19)23-10-13-8-14(18)7-12-9-21-16(22-15(12)13)11-5-3-2-4-6-11/h2-8,16H,9-10H2,1H3,(H2,19,20)/t16-/m0/s1. The second kappa shape index (κ2) is 7.02. The van der Waals surface area contributed by atoms with Crippen molar-refractivity contribution in [1.82, 2.24) is 0 Å². The monoisotopic (exact) mass is 332 g/mol. The first-order valence-electron chi connectivity index (χ1n) is 7.17. The Hall–Kier alpha value is -2.05. The van der Waals surface area contributed by atoms with E-state index in [1.54, 1.807) is 7.05 Å². The smallest absolute Gasteiger partial charge is 0.227 e. The summed E-state index contributed by atoms with van der Waals surface area (Å²) >= 11 is 1.35. The molecule has 0 fully saturated rings. The predicted octanol–water partition coefficient (Wildman–Crippen LogP) is 3.61. The third-order valence-electron chi connectivity index (χ3n) is 3.49. The highest BCUT2D eigenvalue weighted by Gasteiger charge is 2.25. The fourth-order valence-corrected chi connectivity index (χ4v) is 3.02. The Labute approximate surface area is 138 Å². The quantitative estimate of drug-likeness (QED) is 0.689. The minimum atomic E-state index is -0.491. The number of hydrogen-bond acceptors (Lipinski definition) is 4. The van der Waals surface area contributed by atoms with Crippen molar-refractivity contribution in [2.45, 2.75) is 18.6 Å². The number of rotatable bonds is 3. The van der Waals surface area contributed by atoms with Gasteiger partial charge in [0.25, 0.3) is 0 Å². The van der Waals surface area contributed by atoms with Crippen LogP contribution in [-0.2, 0) is 17.1 Å². The van der Waals surface area contributed by atoms with Crippen molar-refractivity contribution in [3.05, 3.63) is 65.0 Å². The maximum atomic E-state index is 13.8. The molecule has 2 aromatic rings. The van der Waals surface area contributed by atoms with Gasteiger partial charge in [-0.3, -0.25) is 4.99 Å². The van der Waals surface area contributed by atoms with E-state index in [2.05, 4.69) is 4.99 Å². The molecule has 2 aromatic carbocycles. The molecule has 23 heavy (non-hydrogen) atoms. The molecule has 4 nitrogen and oxygen atoms in total. The van der Waals surface area contributed by atoms with Gasteiger partial charge in [0.2, 0.25) is 6.29 Å². The van der Waals surface area contributed by atoms with E-state index in [9.17, 15) is 4.39 Å². The molecule has 1 aliphatic rings. The van der Waals surface area contributed by atoms with Gasteiger partial charge in [-0.25, -0.2) is 4.39 Å². The van der Waals surface area contributed by atoms with Crippen LogP contribution in [0.25, 0.3) is 0 Å². The summed E-state index contributed by atoms with van der Waals surface area (Å²) in [7, 11) is 1.62. The zero-order chi connectivity index (χ0) is 16.2. The lowest BCUT2D eigenvalue weighted by atomic mass is 10.1. The number of halogens is 1. The number of aliphatic imine (C=N–C) groups is 1. The third-order valence-corrected chi connectivity index (χ3v) is 4.42. The first-order valence-corrected chi connectivity index (χ1v) is 8.15. The molecule has 0 radical (unpaired) electrons. The van der Waals surface area contributed by atoms with Gasteiger partial charge in [-0.15, -0.1) is 0 Å². The van der Waals surface area contributed by atoms with E-state index in [-0.39, 0.29) is 5.82 Å². The van der Waals surface area contributed by atoms with E-state index in [1.807, 2.05) is 30.3 Å². The highest BCUT2D eigenvalue weighted by molar-refractivity contribution is 8.13. The second-order valence-electron chi connectivity index (χ2n) is 5.08. The summed E-state index contributed by atoms with van der Waals surface area (Å²) in [6.07, 6.45) is -0.491. The summed E-state index contributed by atoms with van der Waals surface area (Å²) in [5.74, 6) is 0.852. The van der Waals surface area contributed by atoms with Gasteiger partial charge in [-0.2, -0.15) is 0 Å². The van der Waals surface area contributed by atoms with Crippen LogP contribution in [0.5, 0.6) is 5.75 Å². The number of fused-ring (bicyclic) bond motifs is 1. The van der Waals surface area contributed by atoms with E-state index in [0.29, 0.717) is 28.8 Å². The van der Waals surface area contributed by atoms with Crippen molar-refractivity contribution in [2.24, 2.45) is 10.7 Å². The van der Waals surface area contributed by atoms with Crippen molar-refractivity contribution in [3.8, 4) is 5.75 Å². The normalized spacial score (nSPS) is 17.5. The summed E-state index contributed by atoms with van der Waals surface area (Å²) in [5.41, 5.74) is 8.09. The summed E-state index contributed by atoms with van der Waals surface area (Å²) in [6.45, 7) is 0.307. The van der Waals surface area contributed by atoms with Crippen LogP contribution in [0.3, 0.4) is 0 Å². The average molecular weight is 332 g/mol. The van der Waals surface area contributed by atoms with Gasteiger partial charge in [0, 0.05) is 29.5 Å². The minimum Gasteiger partial charge on any atom is -0.460 e. The molecule has 1 aliphatic heterocycles. The molecule has 0 aliphatic carbocycles. The highest BCUT2D eigenvalue weighted by atomic mass is 32.2. The fraction of sp³-hybridized carbons (Fsp3) is 0.235. The Balaban J connectivity index is 1.87. The topological polar surface area (TPSA) is 56.8 Å². The van der Waals surface area contributed by atoms with Crippen LogP contribution < -0.4 is 10.5 Å². The van der Waals surface area contributed by atoms with Crippen LogP contribution in [0.1, 0.15) is 23.0 Å². The fourth-order valence-electron chi connectivity index (χ4n) is 2.37. The summed E-state index contributed by atoms with van der Waals surface area (Å²) in [6, 6.07) is 12.6. The lowest BCUT2D eigenvalue weighted by molar-refractivity contribution is -0.112.